The first-order valence-corrected chi connectivity index (χ1v) is 24.1. The molecule has 1 atom stereocenters. The van der Waals surface area contributed by atoms with Crippen LogP contribution in [0.4, 0.5) is 0 Å². The van der Waals surface area contributed by atoms with E-state index in [1.54, 1.807) is 0 Å². The minimum absolute atomic E-state index is 0.190. The van der Waals surface area contributed by atoms with E-state index in [1.165, 1.54) is 93.9 Å². The summed E-state index contributed by atoms with van der Waals surface area (Å²) in [6.07, 6.45) is 28.9. The van der Waals surface area contributed by atoms with E-state index in [4.69, 9.17) is 15.0 Å². The molecule has 322 valence electrons. The molecule has 1 spiro atoms. The molecule has 4 nitrogen and oxygen atoms in total. The minimum Gasteiger partial charge on any atom is -0.309 e. The summed E-state index contributed by atoms with van der Waals surface area (Å²) in [6.45, 7) is 6.00. The van der Waals surface area contributed by atoms with Crippen molar-refractivity contribution in [3.05, 3.63) is 240 Å². The Morgan fingerprint density at radius 1 is 0.687 bits per heavy atom. The lowest BCUT2D eigenvalue weighted by atomic mass is 9.68. The van der Waals surface area contributed by atoms with Gasteiger partial charge in [0.2, 0.25) is 0 Å². The van der Waals surface area contributed by atoms with Gasteiger partial charge in [0.25, 0.3) is 0 Å². The van der Waals surface area contributed by atoms with Crippen LogP contribution < -0.4 is 0 Å². The van der Waals surface area contributed by atoms with Crippen LogP contribution in [0.15, 0.2) is 194 Å². The summed E-state index contributed by atoms with van der Waals surface area (Å²) in [6, 6.07) is 46.3. The fraction of sp³-hybridized carbons (Fsp3) is 0.159. The van der Waals surface area contributed by atoms with Crippen molar-refractivity contribution in [3.8, 4) is 16.8 Å². The van der Waals surface area contributed by atoms with Gasteiger partial charge in [-0.25, -0.2) is 15.0 Å². The van der Waals surface area contributed by atoms with E-state index in [1.807, 2.05) is 25.2 Å². The van der Waals surface area contributed by atoms with E-state index in [2.05, 4.69) is 175 Å². The van der Waals surface area contributed by atoms with Crippen molar-refractivity contribution in [3.63, 3.8) is 0 Å². The molecular weight excluding hydrogens is 813 g/mol. The summed E-state index contributed by atoms with van der Waals surface area (Å²) < 4.78 is 2.52. The van der Waals surface area contributed by atoms with Gasteiger partial charge in [-0.05, 0) is 160 Å². The SMILES string of the molecule is C=C/C=C(\C=C/C)c1nc(C2=CC=C(c3ccc4c(c3)c3cc5c(cc3n4-c3ccc4ccccc4c3)C3=C(CCC=C3)C53c4ccccc4-c4ccccc43)CC2)nc(C2C=CCCC2)n1. The molecule has 5 aliphatic rings. The molecule has 67 heavy (non-hydrogen) atoms. The fourth-order valence-corrected chi connectivity index (χ4v) is 12.1. The Hall–Kier alpha value is -7.69. The second-order valence-corrected chi connectivity index (χ2v) is 18.7. The fourth-order valence-electron chi connectivity index (χ4n) is 12.1. The molecule has 0 aliphatic heterocycles. The van der Waals surface area contributed by atoms with Crippen LogP contribution in [0.5, 0.6) is 0 Å². The number of aromatic nitrogens is 4. The Labute approximate surface area is 392 Å². The Morgan fingerprint density at radius 3 is 2.24 bits per heavy atom. The zero-order valence-corrected chi connectivity index (χ0v) is 37.8. The number of nitrogens with zero attached hydrogens (tertiary/aromatic N) is 4. The van der Waals surface area contributed by atoms with Gasteiger partial charge in [-0.15, -0.1) is 0 Å². The molecule has 0 N–H and O–H groups in total. The van der Waals surface area contributed by atoms with Crippen molar-refractivity contribution in [1.29, 1.82) is 0 Å². The van der Waals surface area contributed by atoms with Gasteiger partial charge in [0, 0.05) is 28.0 Å². The normalized spacial score (nSPS) is 18.2. The van der Waals surface area contributed by atoms with Crippen molar-refractivity contribution < 1.29 is 0 Å². The van der Waals surface area contributed by atoms with Gasteiger partial charge in [-0.1, -0.05) is 152 Å². The third kappa shape index (κ3) is 6.09. The molecule has 0 amide bonds. The van der Waals surface area contributed by atoms with Crippen molar-refractivity contribution in [2.24, 2.45) is 0 Å². The number of fused-ring (bicyclic) bond motifs is 13. The predicted molar refractivity (Wildman–Crippen MR) is 279 cm³/mol. The van der Waals surface area contributed by atoms with Gasteiger partial charge in [-0.2, -0.15) is 0 Å². The molecular formula is C63H50N4. The van der Waals surface area contributed by atoms with Crippen LogP contribution in [0.1, 0.15) is 103 Å². The van der Waals surface area contributed by atoms with Gasteiger partial charge in [0.05, 0.1) is 16.4 Å². The standard InChI is InChI=1S/C63H50N4/c1-3-16-42(17-4-2)60-64-61(43-19-6-5-7-20-43)66-62(65-60)44-30-28-41(29-31-44)46-33-35-58-52(37-46)53-38-57-51(39-59(53)67(58)47-34-32-40-18-8-9-21-45(40)36-47)50-24-12-15-27-56(50)63(57)54-25-13-10-22-48(54)49-23-11-14-26-55(49)63/h3-4,6,8-14,16-19,21-26,28,30,32-39,43H,1,5,7,15,20,27,29,31H2,2H3/b17-4-,42-16+. The quantitative estimate of drug-likeness (QED) is 0.118. The Bertz CT molecular complexity index is 3610. The Morgan fingerprint density at radius 2 is 1.46 bits per heavy atom. The molecule has 13 rings (SSSR count). The average Bonchev–Trinajstić information content (AvgIpc) is 3.99. The Kier molecular flexibility index (Phi) is 9.32. The van der Waals surface area contributed by atoms with Crippen molar-refractivity contribution >= 4 is 54.9 Å². The van der Waals surface area contributed by atoms with Crippen LogP contribution in [-0.4, -0.2) is 19.5 Å². The number of rotatable bonds is 7. The summed E-state index contributed by atoms with van der Waals surface area (Å²) in [7, 11) is 0. The summed E-state index contributed by atoms with van der Waals surface area (Å²) in [5, 5.41) is 5.04. The van der Waals surface area contributed by atoms with E-state index in [0.29, 0.717) is 5.82 Å². The number of hydrogen-bond acceptors (Lipinski definition) is 3. The first-order valence-electron chi connectivity index (χ1n) is 24.1. The van der Waals surface area contributed by atoms with E-state index in [9.17, 15) is 0 Å². The smallest absolute Gasteiger partial charge is 0.163 e. The zero-order chi connectivity index (χ0) is 44.6. The van der Waals surface area contributed by atoms with Gasteiger partial charge >= 0.3 is 0 Å². The summed E-state index contributed by atoms with van der Waals surface area (Å²) in [5.74, 6) is 2.51. The van der Waals surface area contributed by atoms with Crippen LogP contribution >= 0.6 is 0 Å². The highest BCUT2D eigenvalue weighted by molar-refractivity contribution is 6.13. The van der Waals surface area contributed by atoms with E-state index >= 15 is 0 Å². The third-order valence-corrected chi connectivity index (χ3v) is 15.1. The van der Waals surface area contributed by atoms with E-state index < -0.39 is 0 Å². The van der Waals surface area contributed by atoms with Crippen LogP contribution in [0.2, 0.25) is 0 Å². The minimum atomic E-state index is -0.337. The number of benzene rings is 6. The molecule has 2 heterocycles. The summed E-state index contributed by atoms with van der Waals surface area (Å²) >= 11 is 0. The molecule has 0 saturated heterocycles. The first-order chi connectivity index (χ1) is 33.1. The van der Waals surface area contributed by atoms with Crippen molar-refractivity contribution in [2.45, 2.75) is 63.2 Å². The summed E-state index contributed by atoms with van der Waals surface area (Å²) in [5.41, 5.74) is 19.2. The van der Waals surface area contributed by atoms with Crippen LogP contribution in [0.25, 0.3) is 71.7 Å². The molecule has 1 unspecified atom stereocenters. The molecule has 0 fully saturated rings. The predicted octanol–water partition coefficient (Wildman–Crippen LogP) is 15.8. The lowest BCUT2D eigenvalue weighted by molar-refractivity contribution is 0.618. The first kappa shape index (κ1) is 39.7. The van der Waals surface area contributed by atoms with Crippen molar-refractivity contribution in [1.82, 2.24) is 19.5 Å². The van der Waals surface area contributed by atoms with Crippen LogP contribution in [-0.2, 0) is 5.41 Å². The molecule has 0 saturated carbocycles. The molecule has 2 aromatic heterocycles. The zero-order valence-electron chi connectivity index (χ0n) is 37.8. The molecule has 0 radical (unpaired) electrons. The van der Waals surface area contributed by atoms with Gasteiger partial charge in [-0.3, -0.25) is 0 Å². The van der Waals surface area contributed by atoms with E-state index in [-0.39, 0.29) is 11.3 Å². The monoisotopic (exact) mass is 862 g/mol. The van der Waals surface area contributed by atoms with Crippen molar-refractivity contribution in [2.75, 3.05) is 0 Å². The topological polar surface area (TPSA) is 43.6 Å². The van der Waals surface area contributed by atoms with Gasteiger partial charge < -0.3 is 4.57 Å². The maximum Gasteiger partial charge on any atom is 0.163 e. The molecule has 4 heteroatoms. The highest BCUT2D eigenvalue weighted by Crippen LogP contribution is 2.64. The molecule has 6 aromatic carbocycles. The highest BCUT2D eigenvalue weighted by atomic mass is 15.0. The van der Waals surface area contributed by atoms with E-state index in [0.717, 1.165) is 67.7 Å². The maximum atomic E-state index is 5.16. The van der Waals surface area contributed by atoms with Crippen LogP contribution in [0, 0.1) is 0 Å². The summed E-state index contributed by atoms with van der Waals surface area (Å²) in [4.78, 5) is 15.3. The lowest BCUT2D eigenvalue weighted by Crippen LogP contribution is -2.27. The number of hydrogen-bond donors (Lipinski definition) is 0. The van der Waals surface area contributed by atoms with Gasteiger partial charge in [0.1, 0.15) is 5.82 Å². The maximum absolute atomic E-state index is 5.16. The second-order valence-electron chi connectivity index (χ2n) is 18.7. The largest absolute Gasteiger partial charge is 0.309 e. The molecule has 5 aliphatic carbocycles. The third-order valence-electron chi connectivity index (χ3n) is 15.1. The van der Waals surface area contributed by atoms with Crippen LogP contribution in [0.3, 0.4) is 0 Å². The lowest BCUT2D eigenvalue weighted by Gasteiger charge is -2.33. The average molecular weight is 863 g/mol. The molecule has 0 bridgehead atoms. The van der Waals surface area contributed by atoms with Gasteiger partial charge in [0.15, 0.2) is 11.6 Å². The number of allylic oxidation sites excluding steroid dienone is 15. The highest BCUT2D eigenvalue weighted by Gasteiger charge is 2.52. The molecule has 8 aromatic rings. The Balaban J connectivity index is 0.998. The second kappa shape index (κ2) is 15.7.